The second-order valence-corrected chi connectivity index (χ2v) is 4.89. The first-order valence-corrected chi connectivity index (χ1v) is 6.35. The van der Waals surface area contributed by atoms with Gasteiger partial charge in [0.05, 0.1) is 0 Å². The molecule has 1 aliphatic rings. The summed E-state index contributed by atoms with van der Waals surface area (Å²) in [6, 6.07) is 10.3. The fourth-order valence-electron chi connectivity index (χ4n) is 2.50. The van der Waals surface area contributed by atoms with Crippen LogP contribution in [0.15, 0.2) is 42.5 Å². The Bertz CT molecular complexity index is 427. The number of nitrogens with zero attached hydrogens (tertiary/aromatic N) is 1. The van der Waals surface area contributed by atoms with Gasteiger partial charge in [-0.1, -0.05) is 36.9 Å². The van der Waals surface area contributed by atoms with Gasteiger partial charge < -0.3 is 5.11 Å². The summed E-state index contributed by atoms with van der Waals surface area (Å²) in [5.74, 6) is -0.762. The molecule has 0 aromatic heterocycles. The molecule has 0 aliphatic carbocycles. The van der Waals surface area contributed by atoms with E-state index < -0.39 is 5.97 Å². The molecule has 1 heterocycles. The lowest BCUT2D eigenvalue weighted by atomic mass is 9.91. The fraction of sp³-hybridized carbons (Fsp3) is 0.400. The SMILES string of the molecule is C=C(C(=O)O)C1CCCN(Cc2ccccc2)C1. The number of benzene rings is 1. The molecule has 0 bridgehead atoms. The molecule has 96 valence electrons. The summed E-state index contributed by atoms with van der Waals surface area (Å²) in [5, 5.41) is 8.99. The molecule has 1 atom stereocenters. The van der Waals surface area contributed by atoms with Gasteiger partial charge in [0.15, 0.2) is 0 Å². The van der Waals surface area contributed by atoms with E-state index in [4.69, 9.17) is 5.11 Å². The van der Waals surface area contributed by atoms with Crippen molar-refractivity contribution >= 4 is 5.97 Å². The summed E-state index contributed by atoms with van der Waals surface area (Å²) in [4.78, 5) is 13.3. The van der Waals surface area contributed by atoms with E-state index in [9.17, 15) is 4.79 Å². The van der Waals surface area contributed by atoms with Crippen molar-refractivity contribution in [2.45, 2.75) is 19.4 Å². The zero-order valence-corrected chi connectivity index (χ0v) is 10.5. The van der Waals surface area contributed by atoms with Gasteiger partial charge in [0.25, 0.3) is 0 Å². The normalized spacial score (nSPS) is 20.6. The van der Waals surface area contributed by atoms with Crippen LogP contribution in [-0.2, 0) is 11.3 Å². The molecule has 1 aliphatic heterocycles. The van der Waals surface area contributed by atoms with E-state index in [1.54, 1.807) is 0 Å². The van der Waals surface area contributed by atoms with Crippen LogP contribution in [0.4, 0.5) is 0 Å². The Balaban J connectivity index is 1.95. The lowest BCUT2D eigenvalue weighted by molar-refractivity contribution is -0.133. The fourth-order valence-corrected chi connectivity index (χ4v) is 2.50. The predicted molar refractivity (Wildman–Crippen MR) is 71.2 cm³/mol. The topological polar surface area (TPSA) is 40.5 Å². The molecule has 1 N–H and O–H groups in total. The number of carbonyl (C=O) groups is 1. The van der Waals surface area contributed by atoms with Gasteiger partial charge in [0, 0.05) is 24.6 Å². The molecule has 1 unspecified atom stereocenters. The first-order chi connectivity index (χ1) is 8.66. The number of rotatable bonds is 4. The van der Waals surface area contributed by atoms with Crippen LogP contribution >= 0.6 is 0 Å². The highest BCUT2D eigenvalue weighted by Gasteiger charge is 2.25. The van der Waals surface area contributed by atoms with Crippen molar-refractivity contribution in [3.8, 4) is 0 Å². The van der Waals surface area contributed by atoms with Crippen molar-refractivity contribution in [3.05, 3.63) is 48.0 Å². The Morgan fingerprint density at radius 1 is 1.39 bits per heavy atom. The Kier molecular flexibility index (Phi) is 4.15. The van der Waals surface area contributed by atoms with Crippen molar-refractivity contribution in [1.82, 2.24) is 4.90 Å². The van der Waals surface area contributed by atoms with Gasteiger partial charge in [0.1, 0.15) is 0 Å². The quantitative estimate of drug-likeness (QED) is 0.829. The van der Waals surface area contributed by atoms with E-state index in [-0.39, 0.29) is 5.92 Å². The number of carboxylic acids is 1. The third kappa shape index (κ3) is 3.20. The summed E-state index contributed by atoms with van der Waals surface area (Å²) in [6.07, 6.45) is 1.99. The highest BCUT2D eigenvalue weighted by molar-refractivity contribution is 5.86. The number of hydrogen-bond acceptors (Lipinski definition) is 2. The van der Waals surface area contributed by atoms with E-state index in [0.29, 0.717) is 5.57 Å². The molecular weight excluding hydrogens is 226 g/mol. The monoisotopic (exact) mass is 245 g/mol. The molecule has 1 fully saturated rings. The Morgan fingerprint density at radius 3 is 2.78 bits per heavy atom. The van der Waals surface area contributed by atoms with Crippen molar-refractivity contribution in [2.24, 2.45) is 5.92 Å². The molecule has 1 saturated heterocycles. The highest BCUT2D eigenvalue weighted by atomic mass is 16.4. The maximum atomic E-state index is 10.9. The molecule has 0 amide bonds. The van der Waals surface area contributed by atoms with E-state index in [2.05, 4.69) is 23.6 Å². The van der Waals surface area contributed by atoms with Crippen LogP contribution in [-0.4, -0.2) is 29.1 Å². The van der Waals surface area contributed by atoms with Crippen LogP contribution < -0.4 is 0 Å². The Labute approximate surface area is 108 Å². The standard InChI is InChI=1S/C15H19NO2/c1-12(15(17)18)14-8-5-9-16(11-14)10-13-6-3-2-4-7-13/h2-4,6-7,14H,1,5,8-11H2,(H,17,18). The first kappa shape index (κ1) is 12.8. The van der Waals surface area contributed by atoms with Gasteiger partial charge in [-0.2, -0.15) is 0 Å². The van der Waals surface area contributed by atoms with Gasteiger partial charge in [-0.25, -0.2) is 4.79 Å². The first-order valence-electron chi connectivity index (χ1n) is 6.35. The van der Waals surface area contributed by atoms with E-state index in [1.807, 2.05) is 18.2 Å². The predicted octanol–water partition coefficient (Wildman–Crippen LogP) is 2.54. The third-order valence-corrected chi connectivity index (χ3v) is 3.52. The molecule has 0 spiro atoms. The minimum absolute atomic E-state index is 0.0972. The van der Waals surface area contributed by atoms with Crippen molar-refractivity contribution in [2.75, 3.05) is 13.1 Å². The van der Waals surface area contributed by atoms with Crippen molar-refractivity contribution in [1.29, 1.82) is 0 Å². The maximum absolute atomic E-state index is 10.9. The van der Waals surface area contributed by atoms with E-state index in [0.717, 1.165) is 32.5 Å². The minimum atomic E-state index is -0.860. The lowest BCUT2D eigenvalue weighted by Crippen LogP contribution is -2.36. The molecule has 2 rings (SSSR count). The average molecular weight is 245 g/mol. The zero-order valence-electron chi connectivity index (χ0n) is 10.5. The molecule has 18 heavy (non-hydrogen) atoms. The second-order valence-electron chi connectivity index (χ2n) is 4.89. The summed E-state index contributed by atoms with van der Waals surface area (Å²) in [5.41, 5.74) is 1.63. The number of carboxylic acid groups (broad SMARTS) is 1. The van der Waals surface area contributed by atoms with Crippen LogP contribution in [0.3, 0.4) is 0 Å². The van der Waals surface area contributed by atoms with Crippen LogP contribution in [0.25, 0.3) is 0 Å². The lowest BCUT2D eigenvalue weighted by Gasteiger charge is -2.32. The minimum Gasteiger partial charge on any atom is -0.478 e. The van der Waals surface area contributed by atoms with Crippen LogP contribution in [0.5, 0.6) is 0 Å². The Hall–Kier alpha value is -1.61. The van der Waals surface area contributed by atoms with Crippen molar-refractivity contribution in [3.63, 3.8) is 0 Å². The second kappa shape index (κ2) is 5.83. The number of likely N-dealkylation sites (tertiary alicyclic amines) is 1. The average Bonchev–Trinajstić information content (AvgIpc) is 2.39. The van der Waals surface area contributed by atoms with Crippen molar-refractivity contribution < 1.29 is 9.90 Å². The summed E-state index contributed by atoms with van der Waals surface area (Å²) >= 11 is 0. The molecule has 3 heteroatoms. The molecule has 1 aromatic rings. The third-order valence-electron chi connectivity index (χ3n) is 3.52. The summed E-state index contributed by atoms with van der Waals surface area (Å²) in [6.45, 7) is 6.43. The zero-order chi connectivity index (χ0) is 13.0. The molecule has 0 radical (unpaired) electrons. The number of aliphatic carboxylic acids is 1. The maximum Gasteiger partial charge on any atom is 0.331 e. The number of hydrogen-bond donors (Lipinski definition) is 1. The largest absolute Gasteiger partial charge is 0.478 e. The molecular formula is C15H19NO2. The van der Waals surface area contributed by atoms with Gasteiger partial charge in [0.2, 0.25) is 0 Å². The summed E-state index contributed by atoms with van der Waals surface area (Å²) in [7, 11) is 0. The van der Waals surface area contributed by atoms with E-state index in [1.165, 1.54) is 5.56 Å². The van der Waals surface area contributed by atoms with Crippen LogP contribution in [0.2, 0.25) is 0 Å². The molecule has 3 nitrogen and oxygen atoms in total. The molecule has 0 saturated carbocycles. The Morgan fingerprint density at radius 2 is 2.11 bits per heavy atom. The van der Waals surface area contributed by atoms with Gasteiger partial charge in [-0.05, 0) is 24.9 Å². The molecule has 1 aromatic carbocycles. The highest BCUT2D eigenvalue weighted by Crippen LogP contribution is 2.23. The van der Waals surface area contributed by atoms with Crippen LogP contribution in [0, 0.1) is 5.92 Å². The van der Waals surface area contributed by atoms with Gasteiger partial charge in [-0.15, -0.1) is 0 Å². The van der Waals surface area contributed by atoms with Crippen LogP contribution in [0.1, 0.15) is 18.4 Å². The van der Waals surface area contributed by atoms with Gasteiger partial charge >= 0.3 is 5.97 Å². The van der Waals surface area contributed by atoms with Gasteiger partial charge in [-0.3, -0.25) is 4.90 Å². The smallest absolute Gasteiger partial charge is 0.331 e. The summed E-state index contributed by atoms with van der Waals surface area (Å²) < 4.78 is 0. The number of piperidine rings is 1. The van der Waals surface area contributed by atoms with E-state index >= 15 is 0 Å².